The molecule has 0 bridgehead atoms. The second-order valence-electron chi connectivity index (χ2n) is 0. The normalized spacial score (nSPS) is 0.750. The van der Waals surface area contributed by atoms with Gasteiger partial charge in [-0.05, 0) is 0 Å². The molecule has 0 atom stereocenters. The third-order valence-corrected chi connectivity index (χ3v) is 0. The smallest absolute Gasteiger partial charge is 0 e. The summed E-state index contributed by atoms with van der Waals surface area (Å²) < 4.78 is 8.38. The molecule has 0 unspecified atom stereocenters. The molecule has 0 spiro atoms. The second kappa shape index (κ2) is 16.8. The second-order valence-corrected chi connectivity index (χ2v) is 0. The van der Waals surface area contributed by atoms with E-state index < -0.39 is 0 Å². The van der Waals surface area contributed by atoms with Crippen LogP contribution in [0.15, 0.2) is 0 Å². The van der Waals surface area contributed by atoms with E-state index in [9.17, 15) is 0 Å². The Labute approximate surface area is 94.3 Å². The van der Waals surface area contributed by atoms with E-state index in [1.54, 1.807) is 0 Å². The average molecular weight is 298 g/mol. The van der Waals surface area contributed by atoms with Crippen molar-refractivity contribution >= 4 is 56.3 Å². The molecule has 0 aromatic rings. The van der Waals surface area contributed by atoms with Gasteiger partial charge >= 0.3 is 59.8 Å². The maximum atomic E-state index is 8.38. The van der Waals surface area contributed by atoms with Crippen LogP contribution in [-0.2, 0) is 3.54 Å². The summed E-state index contributed by atoms with van der Waals surface area (Å²) in [4.78, 5) is 0. The Hall–Kier alpha value is 2.93. The topological polar surface area (TPSA) is 17.1 Å². The van der Waals surface area contributed by atoms with Gasteiger partial charge in [0.25, 0.3) is 0 Å². The molecule has 0 heterocycles. The van der Waals surface area contributed by atoms with Gasteiger partial charge in [-0.15, -0.1) is 0 Å². The predicted molar refractivity (Wildman–Crippen MR) is 16.4 cm³/mol. The van der Waals surface area contributed by atoms with Crippen LogP contribution in [0.3, 0.4) is 0 Å². The standard InChI is InChI=1S/Ca.Ga.O.Tm.3H. The Morgan fingerprint density at radius 1 is 1.25 bits per heavy atom. The van der Waals surface area contributed by atoms with Gasteiger partial charge in [0.05, 0.1) is 0 Å². The molecule has 1 nitrogen and oxygen atoms in total. The van der Waals surface area contributed by atoms with E-state index in [0.29, 0.717) is 0 Å². The Bertz CT molecular complexity index is 8.00. The maximum Gasteiger partial charge on any atom is 0 e. The first-order chi connectivity index (χ1) is 1.00. The number of rotatable bonds is 0. The van der Waals surface area contributed by atoms with Gasteiger partial charge in [0.1, 0.15) is 0 Å². The zero-order valence-corrected chi connectivity index (χ0v) is 6.14. The van der Waals surface area contributed by atoms with Crippen LogP contribution in [0.4, 0.5) is 0 Å². The van der Waals surface area contributed by atoms with Crippen molar-refractivity contribution < 1.29 is 40.4 Å². The summed E-state index contributed by atoms with van der Waals surface area (Å²) in [5.41, 5.74) is 0. The van der Waals surface area contributed by atoms with Gasteiger partial charge in [-0.2, -0.15) is 0 Å². The molecule has 4 heavy (non-hydrogen) atoms. The molecule has 0 aliphatic heterocycles. The fourth-order valence-electron chi connectivity index (χ4n) is 0. The van der Waals surface area contributed by atoms with E-state index in [1.807, 2.05) is 0 Å². The van der Waals surface area contributed by atoms with Crippen LogP contribution in [0.1, 0.15) is 0 Å². The van der Waals surface area contributed by atoms with E-state index in [-0.39, 0.29) is 93.2 Å². The van der Waals surface area contributed by atoms with Crippen molar-refractivity contribution in [2.24, 2.45) is 0 Å². The van der Waals surface area contributed by atoms with Crippen molar-refractivity contribution in [3.8, 4) is 0 Å². The molecule has 0 aliphatic carbocycles. The van der Waals surface area contributed by atoms with Crippen molar-refractivity contribution in [3.63, 3.8) is 0 Å². The molecular formula is H3CaGaOTm. The Balaban J connectivity index is -0.00000000500. The number of hydrogen-bond acceptors (Lipinski definition) is 1. The zero-order chi connectivity index (χ0) is 2.00. The summed E-state index contributed by atoms with van der Waals surface area (Å²) in [6.07, 6.45) is 0. The van der Waals surface area contributed by atoms with E-state index in [2.05, 4.69) is 0 Å². The molecular weight excluding hydrogens is 295 g/mol. The average Bonchev–Trinajstić information content (AvgIpc) is 1.00. The van der Waals surface area contributed by atoms with Gasteiger partial charge in [-0.25, -0.2) is 0 Å². The number of hydrogen-bond donors (Lipinski definition) is 0. The van der Waals surface area contributed by atoms with Crippen molar-refractivity contribution in [1.82, 2.24) is 0 Å². The fraction of sp³-hybridized carbons (Fsp3) is 0. The molecule has 0 amide bonds. The molecule has 1 radical (unpaired) electrons. The monoisotopic (exact) mass is 297 g/mol. The molecule has 0 fully saturated rings. The largest absolute Gasteiger partial charge is 0 e. The third-order valence-electron chi connectivity index (χ3n) is 0. The zero-order valence-electron chi connectivity index (χ0n) is 1.39. The van der Waals surface area contributed by atoms with E-state index in [0.717, 1.165) is 0 Å². The van der Waals surface area contributed by atoms with Crippen LogP contribution in [0.5, 0.6) is 0 Å². The van der Waals surface area contributed by atoms with Gasteiger partial charge in [0.15, 0.2) is 0 Å². The molecule has 4 heteroatoms. The predicted octanol–water partition coefficient (Wildman–Crippen LogP) is -1.68. The van der Waals surface area contributed by atoms with Gasteiger partial charge < -0.3 is 0 Å². The van der Waals surface area contributed by atoms with Crippen molar-refractivity contribution in [1.29, 1.82) is 0 Å². The molecule has 0 N–H and O–H groups in total. The molecule has 0 saturated carbocycles. The van der Waals surface area contributed by atoms with Crippen LogP contribution in [0.25, 0.3) is 0 Å². The van der Waals surface area contributed by atoms with Crippen molar-refractivity contribution in [2.45, 2.75) is 0 Å². The third kappa shape index (κ3) is 8.87. The molecule has 0 aromatic heterocycles. The molecule has 0 aliphatic rings. The van der Waals surface area contributed by atoms with E-state index in [1.165, 1.54) is 0 Å². The van der Waals surface area contributed by atoms with Crippen LogP contribution < -0.4 is 0 Å². The van der Waals surface area contributed by atoms with E-state index >= 15 is 0 Å². The Kier molecular flexibility index (Phi) is 66.2. The summed E-state index contributed by atoms with van der Waals surface area (Å²) in [5.74, 6) is 0. The first-order valence-electron chi connectivity index (χ1n) is 0.289. The molecule has 27 valence electrons. The molecule has 0 rings (SSSR count). The summed E-state index contributed by atoms with van der Waals surface area (Å²) in [5, 5.41) is 0. The summed E-state index contributed by atoms with van der Waals surface area (Å²) in [6.45, 7) is 0. The minimum atomic E-state index is 0. The fourth-order valence-corrected chi connectivity index (χ4v) is 0. The van der Waals surface area contributed by atoms with Gasteiger partial charge in [0, 0.05) is 36.9 Å². The Morgan fingerprint density at radius 2 is 1.25 bits per heavy atom. The summed E-state index contributed by atoms with van der Waals surface area (Å²) in [6, 6.07) is 0. The summed E-state index contributed by atoms with van der Waals surface area (Å²) >= 11 is 0.125. The van der Waals surface area contributed by atoms with Crippen molar-refractivity contribution in [3.05, 3.63) is 0 Å². The minimum Gasteiger partial charge on any atom is 0 e. The Morgan fingerprint density at radius 3 is 1.25 bits per heavy atom. The summed E-state index contributed by atoms with van der Waals surface area (Å²) in [7, 11) is 0. The quantitative estimate of drug-likeness (QED) is 0.488. The molecule has 0 saturated heterocycles. The van der Waals surface area contributed by atoms with Crippen LogP contribution >= 0.6 is 0 Å². The first kappa shape index (κ1) is 15.8. The van der Waals surface area contributed by atoms with Crippen LogP contribution in [0.2, 0.25) is 0 Å². The molecule has 0 aromatic carbocycles. The minimum absolute atomic E-state index is 0. The SMILES string of the molecule is [CaH2].[O]=[GaH].[Tm]. The van der Waals surface area contributed by atoms with Crippen molar-refractivity contribution in [2.75, 3.05) is 0 Å². The van der Waals surface area contributed by atoms with Gasteiger partial charge in [-0.3, -0.25) is 0 Å². The van der Waals surface area contributed by atoms with Gasteiger partial charge in [-0.1, -0.05) is 0 Å². The maximum absolute atomic E-state index is 8.38. The van der Waals surface area contributed by atoms with E-state index in [4.69, 9.17) is 3.54 Å². The van der Waals surface area contributed by atoms with Crippen LogP contribution in [0, 0.1) is 36.9 Å². The van der Waals surface area contributed by atoms with Crippen LogP contribution in [-0.4, -0.2) is 56.3 Å². The van der Waals surface area contributed by atoms with Gasteiger partial charge in [0.2, 0.25) is 0 Å². The first-order valence-corrected chi connectivity index (χ1v) is 1.50.